The van der Waals surface area contributed by atoms with Crippen molar-refractivity contribution in [1.82, 2.24) is 4.72 Å². The molecule has 0 bridgehead atoms. The van der Waals surface area contributed by atoms with Crippen LogP contribution in [0.4, 0.5) is 0 Å². The molecule has 0 unspecified atom stereocenters. The van der Waals surface area contributed by atoms with Crippen molar-refractivity contribution in [3.05, 3.63) is 23.8 Å². The van der Waals surface area contributed by atoms with Gasteiger partial charge in [0.25, 0.3) is 0 Å². The second kappa shape index (κ2) is 6.56. The van der Waals surface area contributed by atoms with Gasteiger partial charge in [0.05, 0.1) is 18.6 Å². The quantitative estimate of drug-likeness (QED) is 0.806. The molecule has 0 aliphatic heterocycles. The molecule has 1 aromatic rings. The Kier molecular flexibility index (Phi) is 5.56. The Hall–Kier alpha value is -1.11. The molecule has 0 saturated heterocycles. The average molecular weight is 301 g/mol. The summed E-state index contributed by atoms with van der Waals surface area (Å²) >= 11 is 0. The van der Waals surface area contributed by atoms with Crippen molar-refractivity contribution >= 4 is 10.0 Å². The van der Waals surface area contributed by atoms with Gasteiger partial charge in [0.1, 0.15) is 5.75 Å². The van der Waals surface area contributed by atoms with Crippen molar-refractivity contribution in [3.63, 3.8) is 0 Å². The van der Waals surface area contributed by atoms with Crippen LogP contribution >= 0.6 is 0 Å². The van der Waals surface area contributed by atoms with Gasteiger partial charge in [-0.1, -0.05) is 20.8 Å². The van der Waals surface area contributed by atoms with Gasteiger partial charge in [0.2, 0.25) is 10.0 Å². The molecule has 20 heavy (non-hydrogen) atoms. The summed E-state index contributed by atoms with van der Waals surface area (Å²) in [5.74, 6) is 0.473. The molecular weight excluding hydrogens is 278 g/mol. The predicted octanol–water partition coefficient (Wildman–Crippen LogP) is 1.90. The zero-order chi connectivity index (χ0) is 15.4. The second-order valence-corrected chi connectivity index (χ2v) is 7.24. The highest BCUT2D eigenvalue weighted by atomic mass is 32.2. The summed E-state index contributed by atoms with van der Waals surface area (Å²) < 4.78 is 32.1. The standard InChI is InChI=1S/C14H23NO4S/c1-5-14(2,3)10-15-20(17,18)12-6-7-13(19-4)11(8-12)9-16/h6-8,15-16H,5,9-10H2,1-4H3. The van der Waals surface area contributed by atoms with Crippen molar-refractivity contribution in [2.45, 2.75) is 38.7 Å². The third-order valence-electron chi connectivity index (χ3n) is 3.43. The summed E-state index contributed by atoms with van der Waals surface area (Å²) in [5, 5.41) is 9.24. The maximum atomic E-state index is 12.2. The molecule has 1 aromatic carbocycles. The Morgan fingerprint density at radius 2 is 2.00 bits per heavy atom. The maximum Gasteiger partial charge on any atom is 0.240 e. The molecule has 114 valence electrons. The van der Waals surface area contributed by atoms with Crippen molar-refractivity contribution in [2.24, 2.45) is 5.41 Å². The molecule has 0 fully saturated rings. The van der Waals surface area contributed by atoms with E-state index in [1.54, 1.807) is 6.07 Å². The molecule has 6 heteroatoms. The molecule has 0 aliphatic carbocycles. The molecule has 0 spiro atoms. The van der Waals surface area contributed by atoms with Gasteiger partial charge < -0.3 is 9.84 Å². The van der Waals surface area contributed by atoms with Crippen LogP contribution in [0.5, 0.6) is 5.75 Å². The van der Waals surface area contributed by atoms with Gasteiger partial charge in [-0.25, -0.2) is 13.1 Å². The second-order valence-electron chi connectivity index (χ2n) is 5.47. The lowest BCUT2D eigenvalue weighted by Gasteiger charge is -2.22. The molecule has 0 aromatic heterocycles. The fourth-order valence-electron chi connectivity index (χ4n) is 1.54. The summed E-state index contributed by atoms with van der Waals surface area (Å²) in [6, 6.07) is 4.45. The lowest BCUT2D eigenvalue weighted by atomic mass is 9.91. The minimum absolute atomic E-state index is 0.0979. The van der Waals surface area contributed by atoms with E-state index in [0.29, 0.717) is 17.9 Å². The van der Waals surface area contributed by atoms with E-state index in [2.05, 4.69) is 4.72 Å². The van der Waals surface area contributed by atoms with Gasteiger partial charge >= 0.3 is 0 Å². The number of hydrogen-bond acceptors (Lipinski definition) is 4. The van der Waals surface area contributed by atoms with Gasteiger partial charge in [0, 0.05) is 12.1 Å². The monoisotopic (exact) mass is 301 g/mol. The van der Waals surface area contributed by atoms with Crippen LogP contribution < -0.4 is 9.46 Å². The highest BCUT2D eigenvalue weighted by molar-refractivity contribution is 7.89. The summed E-state index contributed by atoms with van der Waals surface area (Å²) in [4.78, 5) is 0.134. The zero-order valence-corrected chi connectivity index (χ0v) is 13.3. The Labute approximate surface area is 121 Å². The SMILES string of the molecule is CCC(C)(C)CNS(=O)(=O)c1ccc(OC)c(CO)c1. The van der Waals surface area contributed by atoms with Crippen LogP contribution in [-0.2, 0) is 16.6 Å². The summed E-state index contributed by atoms with van der Waals surface area (Å²) in [5.41, 5.74) is 0.351. The number of hydrogen-bond donors (Lipinski definition) is 2. The van der Waals surface area contributed by atoms with E-state index in [0.717, 1.165) is 6.42 Å². The smallest absolute Gasteiger partial charge is 0.240 e. The number of benzene rings is 1. The van der Waals surface area contributed by atoms with Crippen LogP contribution in [0.1, 0.15) is 32.8 Å². The Balaban J connectivity index is 2.98. The first kappa shape index (κ1) is 16.9. The van der Waals surface area contributed by atoms with Crippen molar-refractivity contribution in [2.75, 3.05) is 13.7 Å². The topological polar surface area (TPSA) is 75.6 Å². The fraction of sp³-hybridized carbons (Fsp3) is 0.571. The largest absolute Gasteiger partial charge is 0.496 e. The number of sulfonamides is 1. The fourth-order valence-corrected chi connectivity index (χ4v) is 2.84. The first-order chi connectivity index (χ1) is 9.25. The maximum absolute atomic E-state index is 12.2. The Morgan fingerprint density at radius 1 is 1.35 bits per heavy atom. The number of aliphatic hydroxyl groups is 1. The first-order valence-electron chi connectivity index (χ1n) is 6.53. The number of nitrogens with one attached hydrogen (secondary N) is 1. The van der Waals surface area contributed by atoms with E-state index in [4.69, 9.17) is 4.74 Å². The first-order valence-corrected chi connectivity index (χ1v) is 8.01. The summed E-state index contributed by atoms with van der Waals surface area (Å²) in [7, 11) is -2.10. The van der Waals surface area contributed by atoms with Gasteiger partial charge in [-0.3, -0.25) is 0 Å². The van der Waals surface area contributed by atoms with Crippen LogP contribution in [0.15, 0.2) is 23.1 Å². The van der Waals surface area contributed by atoms with Gasteiger partial charge in [-0.05, 0) is 30.0 Å². The summed E-state index contributed by atoms with van der Waals surface area (Å²) in [6.45, 7) is 6.12. The van der Waals surface area contributed by atoms with Crippen LogP contribution in [0.3, 0.4) is 0 Å². The van der Waals surface area contributed by atoms with Crippen molar-refractivity contribution in [1.29, 1.82) is 0 Å². The van der Waals surface area contributed by atoms with Gasteiger partial charge in [0.15, 0.2) is 0 Å². The van der Waals surface area contributed by atoms with E-state index in [-0.39, 0.29) is 16.9 Å². The number of rotatable bonds is 7. The van der Waals surface area contributed by atoms with Crippen molar-refractivity contribution in [3.8, 4) is 5.75 Å². The highest BCUT2D eigenvalue weighted by Gasteiger charge is 2.21. The van der Waals surface area contributed by atoms with Crippen LogP contribution in [0, 0.1) is 5.41 Å². The van der Waals surface area contributed by atoms with Gasteiger partial charge in [-0.15, -0.1) is 0 Å². The average Bonchev–Trinajstić information content (AvgIpc) is 2.44. The number of aliphatic hydroxyl groups excluding tert-OH is 1. The van der Waals surface area contributed by atoms with Crippen LogP contribution in [0.25, 0.3) is 0 Å². The van der Waals surface area contributed by atoms with Crippen LogP contribution in [0.2, 0.25) is 0 Å². The van der Waals surface area contributed by atoms with Gasteiger partial charge in [-0.2, -0.15) is 0 Å². The molecule has 1 rings (SSSR count). The molecule has 0 aliphatic rings. The molecule has 5 nitrogen and oxygen atoms in total. The minimum Gasteiger partial charge on any atom is -0.496 e. The van der Waals surface area contributed by atoms with Crippen LogP contribution in [-0.4, -0.2) is 27.2 Å². The summed E-state index contributed by atoms with van der Waals surface area (Å²) in [6.07, 6.45) is 0.875. The Bertz CT molecular complexity index is 552. The Morgan fingerprint density at radius 3 is 2.50 bits per heavy atom. The van der Waals surface area contributed by atoms with Crippen molar-refractivity contribution < 1.29 is 18.3 Å². The molecule has 0 radical (unpaired) electrons. The molecular formula is C14H23NO4S. The molecule has 0 saturated carbocycles. The normalized spacial score (nSPS) is 12.4. The molecule has 2 N–H and O–H groups in total. The third kappa shape index (κ3) is 4.19. The number of methoxy groups -OCH3 is 1. The third-order valence-corrected chi connectivity index (χ3v) is 4.83. The molecule has 0 heterocycles. The van der Waals surface area contributed by atoms with E-state index in [1.165, 1.54) is 19.2 Å². The molecule has 0 amide bonds. The lowest BCUT2D eigenvalue weighted by molar-refractivity contribution is 0.273. The molecule has 0 atom stereocenters. The van der Waals surface area contributed by atoms with E-state index >= 15 is 0 Å². The number of ether oxygens (including phenoxy) is 1. The lowest BCUT2D eigenvalue weighted by Crippen LogP contribution is -2.33. The van der Waals surface area contributed by atoms with E-state index in [9.17, 15) is 13.5 Å². The predicted molar refractivity (Wildman–Crippen MR) is 78.2 cm³/mol. The zero-order valence-electron chi connectivity index (χ0n) is 12.4. The minimum atomic E-state index is -3.58. The van der Waals surface area contributed by atoms with E-state index < -0.39 is 10.0 Å². The van der Waals surface area contributed by atoms with E-state index in [1.807, 2.05) is 20.8 Å². The highest BCUT2D eigenvalue weighted by Crippen LogP contribution is 2.23.